The maximum absolute atomic E-state index is 11.9. The number of nitrogens with one attached hydrogen (secondary N) is 2. The van der Waals surface area contributed by atoms with Crippen LogP contribution in [-0.4, -0.2) is 46.3 Å². The molecule has 0 aliphatic carbocycles. The van der Waals surface area contributed by atoms with E-state index in [1.165, 1.54) is 0 Å². The van der Waals surface area contributed by atoms with Crippen LogP contribution in [0.25, 0.3) is 0 Å². The van der Waals surface area contributed by atoms with Crippen molar-refractivity contribution in [3.63, 3.8) is 0 Å². The summed E-state index contributed by atoms with van der Waals surface area (Å²) in [6, 6.07) is -0.165. The summed E-state index contributed by atoms with van der Waals surface area (Å²) in [5.74, 6) is 0.852. The number of carbonyl (C=O) groups excluding carboxylic acids is 1. The van der Waals surface area contributed by atoms with Crippen LogP contribution in [0.3, 0.4) is 0 Å². The first-order valence-electron chi connectivity index (χ1n) is 6.77. The summed E-state index contributed by atoms with van der Waals surface area (Å²) in [4.78, 5) is 16.2. The van der Waals surface area contributed by atoms with Gasteiger partial charge in [0.15, 0.2) is 0 Å². The lowest BCUT2D eigenvalue weighted by molar-refractivity contribution is 0.0908. The lowest BCUT2D eigenvalue weighted by atomic mass is 10.1. The molecule has 0 radical (unpaired) electrons. The summed E-state index contributed by atoms with van der Waals surface area (Å²) in [7, 11) is 1.93. The van der Waals surface area contributed by atoms with Crippen molar-refractivity contribution < 1.29 is 9.53 Å². The Morgan fingerprint density at radius 2 is 2.50 bits per heavy atom. The van der Waals surface area contributed by atoms with E-state index in [2.05, 4.69) is 22.5 Å². The molecule has 7 heteroatoms. The number of rotatable bonds is 5. The highest BCUT2D eigenvalue weighted by Gasteiger charge is 2.33. The van der Waals surface area contributed by atoms with Crippen LogP contribution in [0.15, 0.2) is 12.4 Å². The van der Waals surface area contributed by atoms with Gasteiger partial charge in [-0.05, 0) is 12.7 Å². The summed E-state index contributed by atoms with van der Waals surface area (Å²) in [5.41, 5.74) is 0. The molecule has 1 aliphatic heterocycles. The number of hydrogen-bond acceptors (Lipinski definition) is 4. The maximum Gasteiger partial charge on any atom is 0.315 e. The van der Waals surface area contributed by atoms with E-state index in [0.29, 0.717) is 18.4 Å². The third-order valence-corrected chi connectivity index (χ3v) is 4.44. The van der Waals surface area contributed by atoms with Crippen molar-refractivity contribution in [2.75, 3.05) is 19.4 Å². The number of aromatic nitrogens is 2. The highest BCUT2D eigenvalue weighted by Crippen LogP contribution is 2.27. The number of urea groups is 1. The summed E-state index contributed by atoms with van der Waals surface area (Å²) in [5, 5.41) is 6.28. The normalized spacial score (nSPS) is 23.6. The van der Waals surface area contributed by atoms with E-state index in [-0.39, 0.29) is 18.2 Å². The van der Waals surface area contributed by atoms with Crippen molar-refractivity contribution in [1.29, 1.82) is 0 Å². The number of imidazole rings is 1. The van der Waals surface area contributed by atoms with E-state index in [1.807, 2.05) is 24.1 Å². The van der Waals surface area contributed by atoms with Crippen LogP contribution in [-0.2, 0) is 11.8 Å². The van der Waals surface area contributed by atoms with Crippen LogP contribution in [0.5, 0.6) is 0 Å². The Morgan fingerprint density at radius 3 is 3.15 bits per heavy atom. The van der Waals surface area contributed by atoms with Gasteiger partial charge in [0.1, 0.15) is 11.9 Å². The standard InChI is InChI=1S/C13H22N4O2S/c1-9(20-3)8-15-13(18)16-10-4-7-19-11(10)12-14-5-6-17(12)2/h5-6,9-11H,4,7-8H2,1-3H3,(H2,15,16,18)/t9-,10-,11-/m0/s1. The molecule has 0 aromatic carbocycles. The average Bonchev–Trinajstić information content (AvgIpc) is 3.04. The Morgan fingerprint density at radius 1 is 1.70 bits per heavy atom. The largest absolute Gasteiger partial charge is 0.368 e. The molecule has 0 unspecified atom stereocenters. The molecule has 0 saturated carbocycles. The van der Waals surface area contributed by atoms with Gasteiger partial charge >= 0.3 is 6.03 Å². The predicted octanol–water partition coefficient (Wildman–Crippen LogP) is 1.30. The molecule has 112 valence electrons. The first-order valence-corrected chi connectivity index (χ1v) is 8.06. The van der Waals surface area contributed by atoms with Gasteiger partial charge in [0.2, 0.25) is 0 Å². The van der Waals surface area contributed by atoms with Gasteiger partial charge in [-0.15, -0.1) is 0 Å². The lowest BCUT2D eigenvalue weighted by Crippen LogP contribution is -2.45. The second kappa shape index (κ2) is 6.99. The number of amides is 2. The molecule has 1 aromatic rings. The van der Waals surface area contributed by atoms with Gasteiger partial charge in [0, 0.05) is 37.8 Å². The average molecular weight is 298 g/mol. The molecular formula is C13H22N4O2S. The number of thioether (sulfide) groups is 1. The van der Waals surface area contributed by atoms with Gasteiger partial charge in [-0.1, -0.05) is 6.92 Å². The van der Waals surface area contributed by atoms with Crippen molar-refractivity contribution in [2.45, 2.75) is 30.7 Å². The van der Waals surface area contributed by atoms with Crippen LogP contribution in [0.4, 0.5) is 4.79 Å². The molecule has 1 aromatic heterocycles. The Bertz CT molecular complexity index is 451. The first-order chi connectivity index (χ1) is 9.61. The molecule has 6 nitrogen and oxygen atoms in total. The zero-order chi connectivity index (χ0) is 14.5. The fourth-order valence-electron chi connectivity index (χ4n) is 2.18. The topological polar surface area (TPSA) is 68.2 Å². The highest BCUT2D eigenvalue weighted by atomic mass is 32.2. The molecule has 1 fully saturated rings. The SMILES string of the molecule is CS[C@@H](C)CNC(=O)N[C@H]1CCO[C@@H]1c1nccn1C. The van der Waals surface area contributed by atoms with Gasteiger partial charge in [-0.25, -0.2) is 9.78 Å². The zero-order valence-corrected chi connectivity index (χ0v) is 12.9. The molecule has 1 saturated heterocycles. The first kappa shape index (κ1) is 15.2. The number of hydrogen-bond donors (Lipinski definition) is 2. The van der Waals surface area contributed by atoms with Crippen molar-refractivity contribution >= 4 is 17.8 Å². The minimum absolute atomic E-state index is 0.0271. The lowest BCUT2D eigenvalue weighted by Gasteiger charge is -2.20. The highest BCUT2D eigenvalue weighted by molar-refractivity contribution is 7.99. The van der Waals surface area contributed by atoms with E-state index in [1.54, 1.807) is 18.0 Å². The Balaban J connectivity index is 1.88. The second-order valence-corrected chi connectivity index (χ2v) is 6.26. The molecule has 20 heavy (non-hydrogen) atoms. The van der Waals surface area contributed by atoms with Crippen LogP contribution >= 0.6 is 11.8 Å². The van der Waals surface area contributed by atoms with Gasteiger partial charge in [0.25, 0.3) is 0 Å². The van der Waals surface area contributed by atoms with Crippen LogP contribution < -0.4 is 10.6 Å². The van der Waals surface area contributed by atoms with Crippen LogP contribution in [0.2, 0.25) is 0 Å². The predicted molar refractivity (Wildman–Crippen MR) is 79.8 cm³/mol. The van der Waals surface area contributed by atoms with E-state index < -0.39 is 0 Å². The van der Waals surface area contributed by atoms with E-state index in [4.69, 9.17) is 4.74 Å². The number of carbonyl (C=O) groups is 1. The smallest absolute Gasteiger partial charge is 0.315 e. The van der Waals surface area contributed by atoms with Gasteiger partial charge in [-0.3, -0.25) is 0 Å². The summed E-state index contributed by atoms with van der Waals surface area (Å²) < 4.78 is 7.64. The number of aryl methyl sites for hydroxylation is 1. The number of nitrogens with zero attached hydrogens (tertiary/aromatic N) is 2. The second-order valence-electron chi connectivity index (χ2n) is 4.98. The third kappa shape index (κ3) is 3.67. The Labute approximate surface area is 123 Å². The minimum Gasteiger partial charge on any atom is -0.368 e. The van der Waals surface area contributed by atoms with Gasteiger partial charge in [-0.2, -0.15) is 11.8 Å². The molecule has 0 spiro atoms. The molecule has 2 N–H and O–H groups in total. The van der Waals surface area contributed by atoms with Gasteiger partial charge in [0.05, 0.1) is 6.04 Å². The maximum atomic E-state index is 11.9. The Kier molecular flexibility index (Phi) is 5.31. The number of ether oxygens (including phenoxy) is 1. The van der Waals surface area contributed by atoms with Crippen LogP contribution in [0, 0.1) is 0 Å². The van der Waals surface area contributed by atoms with E-state index in [9.17, 15) is 4.79 Å². The molecule has 2 amide bonds. The minimum atomic E-state index is -0.168. The summed E-state index contributed by atoms with van der Waals surface area (Å²) in [6.07, 6.45) is 6.30. The zero-order valence-electron chi connectivity index (χ0n) is 12.1. The molecule has 1 aliphatic rings. The van der Waals surface area contributed by atoms with E-state index in [0.717, 1.165) is 12.2 Å². The quantitative estimate of drug-likeness (QED) is 0.860. The van der Waals surface area contributed by atoms with Crippen molar-refractivity contribution in [3.05, 3.63) is 18.2 Å². The fourth-order valence-corrected chi connectivity index (χ4v) is 2.43. The monoisotopic (exact) mass is 298 g/mol. The van der Waals surface area contributed by atoms with Crippen molar-refractivity contribution in [2.24, 2.45) is 7.05 Å². The molecule has 2 heterocycles. The van der Waals surface area contributed by atoms with Crippen molar-refractivity contribution in [3.8, 4) is 0 Å². The molecule has 3 atom stereocenters. The summed E-state index contributed by atoms with van der Waals surface area (Å²) >= 11 is 1.73. The van der Waals surface area contributed by atoms with Crippen molar-refractivity contribution in [1.82, 2.24) is 20.2 Å². The Hall–Kier alpha value is -1.21. The van der Waals surface area contributed by atoms with Gasteiger partial charge < -0.3 is 19.9 Å². The molecular weight excluding hydrogens is 276 g/mol. The van der Waals surface area contributed by atoms with E-state index >= 15 is 0 Å². The molecule has 2 rings (SSSR count). The fraction of sp³-hybridized carbons (Fsp3) is 0.692. The summed E-state index contributed by atoms with van der Waals surface area (Å²) in [6.45, 7) is 3.39. The van der Waals surface area contributed by atoms with Crippen LogP contribution in [0.1, 0.15) is 25.3 Å². The third-order valence-electron chi connectivity index (χ3n) is 3.47. The molecule has 0 bridgehead atoms.